The molecule has 0 spiro atoms. The lowest BCUT2D eigenvalue weighted by Gasteiger charge is -2.04. The van der Waals surface area contributed by atoms with Crippen LogP contribution in [0.4, 0.5) is 0 Å². The molecule has 0 aromatic carbocycles. The molecule has 248 valence electrons. The zero-order chi connectivity index (χ0) is 33.2. The predicted molar refractivity (Wildman–Crippen MR) is 200 cm³/mol. The quantitative estimate of drug-likeness (QED) is 0.100. The van der Waals surface area contributed by atoms with Crippen LogP contribution in [0.5, 0.6) is 0 Å². The van der Waals surface area contributed by atoms with E-state index in [0.717, 1.165) is 57.8 Å². The van der Waals surface area contributed by atoms with Gasteiger partial charge in [0, 0.05) is 6.42 Å². The molecule has 0 amide bonds. The molecule has 0 radical (unpaired) electrons. The van der Waals surface area contributed by atoms with E-state index in [0.29, 0.717) is 6.42 Å². The van der Waals surface area contributed by atoms with Crippen molar-refractivity contribution in [2.24, 2.45) is 0 Å². The summed E-state index contributed by atoms with van der Waals surface area (Å²) in [4.78, 5) is 11.1. The number of Topliss-reactive ketones (excluding diaryl/α,β-unsaturated/α-hetero) is 1. The third kappa shape index (κ3) is 28.4. The molecule has 0 saturated heterocycles. The molecule has 0 fully saturated rings. The molecule has 0 bridgehead atoms. The average Bonchev–Trinajstić information content (AvgIpc) is 2.92. The minimum Gasteiger partial charge on any atom is -0.300 e. The van der Waals surface area contributed by atoms with E-state index >= 15 is 0 Å². The van der Waals surface area contributed by atoms with E-state index in [9.17, 15) is 4.79 Å². The van der Waals surface area contributed by atoms with Crippen LogP contribution >= 0.6 is 0 Å². The smallest absolute Gasteiger partial charge is 0.130 e. The van der Waals surface area contributed by atoms with Crippen molar-refractivity contribution in [3.05, 3.63) is 93.2 Å². The lowest BCUT2D eigenvalue weighted by molar-refractivity contribution is -0.116. The van der Waals surface area contributed by atoms with Gasteiger partial charge in [-0.25, -0.2) is 0 Å². The summed E-state index contributed by atoms with van der Waals surface area (Å²) in [6.45, 7) is 21.9. The zero-order valence-electron chi connectivity index (χ0n) is 30.8. The first-order valence-corrected chi connectivity index (χ1v) is 17.6. The van der Waals surface area contributed by atoms with Crippen molar-refractivity contribution in [3.63, 3.8) is 0 Å². The molecule has 0 unspecified atom stereocenters. The predicted octanol–water partition coefficient (Wildman–Crippen LogP) is 14.4. The number of carbonyl (C=O) groups excluding carboxylic acids is 1. The number of ketones is 1. The van der Waals surface area contributed by atoms with Crippen LogP contribution in [0.3, 0.4) is 0 Å². The van der Waals surface area contributed by atoms with Crippen molar-refractivity contribution in [2.45, 2.75) is 172 Å². The van der Waals surface area contributed by atoms with Gasteiger partial charge < -0.3 is 4.79 Å². The number of rotatable bonds is 24. The highest BCUT2D eigenvalue weighted by molar-refractivity contribution is 5.75. The van der Waals surface area contributed by atoms with E-state index < -0.39 is 0 Å². The van der Waals surface area contributed by atoms with Crippen LogP contribution in [0.25, 0.3) is 0 Å². The Morgan fingerprint density at radius 1 is 0.295 bits per heavy atom. The zero-order valence-corrected chi connectivity index (χ0v) is 30.8. The van der Waals surface area contributed by atoms with E-state index in [-0.39, 0.29) is 5.78 Å². The first-order chi connectivity index (χ1) is 20.9. The topological polar surface area (TPSA) is 17.1 Å². The number of hydrogen-bond acceptors (Lipinski definition) is 1. The third-order valence-corrected chi connectivity index (χ3v) is 8.27. The molecule has 1 nitrogen and oxygen atoms in total. The fourth-order valence-electron chi connectivity index (χ4n) is 5.10. The van der Waals surface area contributed by atoms with Gasteiger partial charge in [0.1, 0.15) is 5.78 Å². The lowest BCUT2D eigenvalue weighted by atomic mass is 10.0. The molecule has 0 aromatic heterocycles. The maximum atomic E-state index is 11.1. The standard InChI is InChI=1S/C43H70O/c1-35(2)19-11-20-36(3)21-12-22-37(4)23-13-24-38(5)25-14-26-39(6)27-15-28-40(7)29-16-30-41(8)31-17-32-42(9)33-18-34-43(10)44/h19,21,23,25,27,29,31,33H,11-18,20,22,24,26,28,30,32,34H2,1-10H3/b36-21-,37-23-,38-25+,39-27+,40-29+,41-31+,42-33+. The third-order valence-electron chi connectivity index (χ3n) is 8.27. The van der Waals surface area contributed by atoms with Crippen LogP contribution in [0.2, 0.25) is 0 Å². The van der Waals surface area contributed by atoms with Crippen molar-refractivity contribution in [2.75, 3.05) is 0 Å². The number of allylic oxidation sites excluding steroid dienone is 16. The maximum absolute atomic E-state index is 11.1. The summed E-state index contributed by atoms with van der Waals surface area (Å²) in [6, 6.07) is 0. The second kappa shape index (κ2) is 26.9. The largest absolute Gasteiger partial charge is 0.300 e. The van der Waals surface area contributed by atoms with Crippen LogP contribution in [0, 0.1) is 0 Å². The van der Waals surface area contributed by atoms with Gasteiger partial charge >= 0.3 is 0 Å². The van der Waals surface area contributed by atoms with E-state index in [1.807, 2.05) is 0 Å². The van der Waals surface area contributed by atoms with Crippen LogP contribution < -0.4 is 0 Å². The summed E-state index contributed by atoms with van der Waals surface area (Å²) in [6.07, 6.45) is 36.9. The lowest BCUT2D eigenvalue weighted by Crippen LogP contribution is -1.87. The van der Waals surface area contributed by atoms with Crippen LogP contribution in [0.15, 0.2) is 93.2 Å². The molecule has 0 atom stereocenters. The van der Waals surface area contributed by atoms with Crippen LogP contribution in [-0.2, 0) is 4.79 Å². The fraction of sp³-hybridized carbons (Fsp3) is 0.605. The Kier molecular flexibility index (Phi) is 25.5. The molecule has 0 aliphatic carbocycles. The fourth-order valence-corrected chi connectivity index (χ4v) is 5.10. The summed E-state index contributed by atoms with van der Waals surface area (Å²) >= 11 is 0. The SMILES string of the molecule is CC(=O)CC/C=C(\C)CC/C=C(\C)CC/C=C(\C)CC/C=C(\C)CC/C=C(\C)CC/C=C(/C)CC/C=C(/C)CCC=C(C)C. The van der Waals surface area contributed by atoms with Gasteiger partial charge in [0.25, 0.3) is 0 Å². The van der Waals surface area contributed by atoms with Gasteiger partial charge in [0.05, 0.1) is 0 Å². The normalized spacial score (nSPS) is 14.4. The second-order valence-electron chi connectivity index (χ2n) is 13.6. The average molecular weight is 603 g/mol. The maximum Gasteiger partial charge on any atom is 0.130 e. The van der Waals surface area contributed by atoms with E-state index in [1.165, 1.54) is 83.1 Å². The molecule has 1 heteroatoms. The van der Waals surface area contributed by atoms with Crippen molar-refractivity contribution in [1.82, 2.24) is 0 Å². The summed E-state index contributed by atoms with van der Waals surface area (Å²) < 4.78 is 0. The summed E-state index contributed by atoms with van der Waals surface area (Å²) in [7, 11) is 0. The van der Waals surface area contributed by atoms with E-state index in [4.69, 9.17) is 0 Å². The molecular formula is C43H70O. The van der Waals surface area contributed by atoms with Crippen LogP contribution in [0.1, 0.15) is 172 Å². The van der Waals surface area contributed by atoms with Gasteiger partial charge in [-0.15, -0.1) is 0 Å². The summed E-state index contributed by atoms with van der Waals surface area (Å²) in [5, 5.41) is 0. The van der Waals surface area contributed by atoms with Gasteiger partial charge in [-0.1, -0.05) is 93.2 Å². The molecule has 0 aliphatic rings. The van der Waals surface area contributed by atoms with Crippen molar-refractivity contribution in [1.29, 1.82) is 0 Å². The Hall–Kier alpha value is -2.41. The van der Waals surface area contributed by atoms with Gasteiger partial charge in [0.15, 0.2) is 0 Å². The Balaban J connectivity index is 4.20. The minimum absolute atomic E-state index is 0.276. The molecule has 0 N–H and O–H groups in total. The first-order valence-electron chi connectivity index (χ1n) is 17.6. The van der Waals surface area contributed by atoms with Gasteiger partial charge in [-0.05, 0) is 166 Å². The highest BCUT2D eigenvalue weighted by Crippen LogP contribution is 2.17. The van der Waals surface area contributed by atoms with Gasteiger partial charge in [-0.2, -0.15) is 0 Å². The molecule has 0 aromatic rings. The Bertz CT molecular complexity index is 1060. The highest BCUT2D eigenvalue weighted by atomic mass is 16.1. The summed E-state index contributed by atoms with van der Waals surface area (Å²) in [5.41, 5.74) is 11.9. The molecular weight excluding hydrogens is 532 g/mol. The molecule has 44 heavy (non-hydrogen) atoms. The monoisotopic (exact) mass is 603 g/mol. The van der Waals surface area contributed by atoms with E-state index in [1.54, 1.807) is 6.92 Å². The molecule has 0 aliphatic heterocycles. The highest BCUT2D eigenvalue weighted by Gasteiger charge is 1.97. The Morgan fingerprint density at radius 3 is 0.659 bits per heavy atom. The van der Waals surface area contributed by atoms with E-state index in [2.05, 4.69) is 111 Å². The van der Waals surface area contributed by atoms with Gasteiger partial charge in [0.2, 0.25) is 0 Å². The second-order valence-corrected chi connectivity index (χ2v) is 13.6. The summed E-state index contributed by atoms with van der Waals surface area (Å²) in [5.74, 6) is 0.276. The molecule has 0 saturated carbocycles. The van der Waals surface area contributed by atoms with Crippen molar-refractivity contribution < 1.29 is 4.79 Å². The van der Waals surface area contributed by atoms with Crippen molar-refractivity contribution >= 4 is 5.78 Å². The Labute approximate surface area is 275 Å². The number of carbonyl (C=O) groups is 1. The van der Waals surface area contributed by atoms with Gasteiger partial charge in [-0.3, -0.25) is 0 Å². The molecule has 0 heterocycles. The molecule has 0 rings (SSSR count). The Morgan fingerprint density at radius 2 is 0.477 bits per heavy atom. The first kappa shape index (κ1) is 41.6. The van der Waals surface area contributed by atoms with Crippen LogP contribution in [-0.4, -0.2) is 5.78 Å². The van der Waals surface area contributed by atoms with Crippen molar-refractivity contribution in [3.8, 4) is 0 Å². The minimum atomic E-state index is 0.276. The number of hydrogen-bond donors (Lipinski definition) is 0.